The van der Waals surface area contributed by atoms with Gasteiger partial charge in [-0.15, -0.1) is 5.10 Å². The van der Waals surface area contributed by atoms with Crippen LogP contribution in [0.15, 0.2) is 24.3 Å². The van der Waals surface area contributed by atoms with E-state index >= 15 is 0 Å². The fourth-order valence-electron chi connectivity index (χ4n) is 3.45. The van der Waals surface area contributed by atoms with E-state index in [0.717, 1.165) is 37.1 Å². The first-order valence-electron chi connectivity index (χ1n) is 8.72. The van der Waals surface area contributed by atoms with Crippen molar-refractivity contribution in [2.75, 3.05) is 19.6 Å². The highest BCUT2D eigenvalue weighted by Gasteiger charge is 2.29. The summed E-state index contributed by atoms with van der Waals surface area (Å²) >= 11 is 0. The zero-order valence-electron chi connectivity index (χ0n) is 13.5. The van der Waals surface area contributed by atoms with E-state index in [2.05, 4.69) is 26.1 Å². The molecule has 0 radical (unpaired) electrons. The number of aromatic nitrogens is 3. The Hall–Kier alpha value is -2.11. The van der Waals surface area contributed by atoms with Gasteiger partial charge in [0.05, 0.1) is 19.6 Å². The Bertz CT molecular complexity index is 687. The van der Waals surface area contributed by atoms with Crippen LogP contribution >= 0.6 is 0 Å². The lowest BCUT2D eigenvalue weighted by molar-refractivity contribution is -0.538. The molecule has 0 amide bonds. The first kappa shape index (κ1) is 14.5. The third kappa shape index (κ3) is 3.16. The van der Waals surface area contributed by atoms with Gasteiger partial charge in [-0.25, -0.2) is 4.90 Å². The van der Waals surface area contributed by atoms with Crippen molar-refractivity contribution in [2.45, 2.75) is 44.8 Å². The summed E-state index contributed by atoms with van der Waals surface area (Å²) in [5, 5.41) is 8.33. The molecule has 2 aliphatic heterocycles. The fourth-order valence-corrected chi connectivity index (χ4v) is 3.45. The van der Waals surface area contributed by atoms with Crippen molar-refractivity contribution in [2.24, 2.45) is 0 Å². The highest BCUT2D eigenvalue weighted by atomic mass is 16.7. The van der Waals surface area contributed by atoms with Crippen molar-refractivity contribution in [1.82, 2.24) is 20.1 Å². The van der Waals surface area contributed by atoms with Crippen LogP contribution in [0.25, 0.3) is 11.0 Å². The maximum absolute atomic E-state index is 6.17. The number of likely N-dealkylation sites (tertiary alicyclic amines) is 1. The van der Waals surface area contributed by atoms with Crippen LogP contribution in [-0.2, 0) is 0 Å². The van der Waals surface area contributed by atoms with Crippen molar-refractivity contribution in [3.05, 3.63) is 24.3 Å². The van der Waals surface area contributed by atoms with E-state index in [0.29, 0.717) is 0 Å². The van der Waals surface area contributed by atoms with Crippen molar-refractivity contribution in [3.63, 3.8) is 0 Å². The van der Waals surface area contributed by atoms with Crippen molar-refractivity contribution in [1.29, 1.82) is 0 Å². The summed E-state index contributed by atoms with van der Waals surface area (Å²) in [5.41, 5.74) is 1.80. The van der Waals surface area contributed by atoms with Crippen LogP contribution < -0.4 is 4.84 Å². The minimum Gasteiger partial charge on any atom is -0.347 e. The summed E-state index contributed by atoms with van der Waals surface area (Å²) in [7, 11) is 0. The predicted molar refractivity (Wildman–Crippen MR) is 88.4 cm³/mol. The topological polar surface area (TPSA) is 46.2 Å². The van der Waals surface area contributed by atoms with Gasteiger partial charge in [0.1, 0.15) is 11.0 Å². The fraction of sp³-hybridized carbons (Fsp3) is 0.588. The Morgan fingerprint density at radius 3 is 2.87 bits per heavy atom. The van der Waals surface area contributed by atoms with E-state index in [4.69, 9.17) is 4.84 Å². The maximum atomic E-state index is 6.17. The molecule has 2 aliphatic rings. The lowest BCUT2D eigenvalue weighted by Gasteiger charge is -2.29. The average molecular weight is 314 g/mol. The molecular weight excluding hydrogens is 290 g/mol. The van der Waals surface area contributed by atoms with Crippen molar-refractivity contribution < 1.29 is 9.41 Å². The number of hydrogen-bond donors (Lipinski definition) is 0. The molecule has 2 aromatic rings. The van der Waals surface area contributed by atoms with Gasteiger partial charge in [0.25, 0.3) is 6.23 Å². The van der Waals surface area contributed by atoms with Crippen LogP contribution in [0.2, 0.25) is 0 Å². The van der Waals surface area contributed by atoms with Crippen LogP contribution in [0.3, 0.4) is 0 Å². The predicted octanol–water partition coefficient (Wildman–Crippen LogP) is 1.90. The van der Waals surface area contributed by atoms with Gasteiger partial charge in [0.15, 0.2) is 0 Å². The second-order valence-corrected chi connectivity index (χ2v) is 6.46. The quantitative estimate of drug-likeness (QED) is 0.641. The van der Waals surface area contributed by atoms with Gasteiger partial charge in [-0.2, -0.15) is 0 Å². The van der Waals surface area contributed by atoms with E-state index in [1.165, 1.54) is 32.1 Å². The van der Waals surface area contributed by atoms with Gasteiger partial charge < -0.3 is 4.84 Å². The molecule has 2 fully saturated rings. The number of nitrogens with zero attached hydrogens (tertiary/aromatic N) is 5. The molecule has 0 aliphatic carbocycles. The molecule has 1 atom stereocenters. The lowest BCUT2D eigenvalue weighted by Crippen LogP contribution is -2.47. The zero-order valence-corrected chi connectivity index (χ0v) is 13.5. The SMILES string of the molecule is C(N1CCCCC1On1nnc2ccccc21)=[N+]1CCCCC1. The van der Waals surface area contributed by atoms with Crippen molar-refractivity contribution in [3.8, 4) is 0 Å². The van der Waals surface area contributed by atoms with Crippen LogP contribution in [0.4, 0.5) is 0 Å². The number of rotatable bonds is 3. The summed E-state index contributed by atoms with van der Waals surface area (Å²) in [6, 6.07) is 7.92. The van der Waals surface area contributed by atoms with Gasteiger partial charge in [-0.05, 0) is 49.5 Å². The third-order valence-electron chi connectivity index (χ3n) is 4.73. The second kappa shape index (κ2) is 6.56. The molecule has 0 spiro atoms. The molecule has 0 bridgehead atoms. The molecule has 0 saturated carbocycles. The first-order valence-corrected chi connectivity index (χ1v) is 8.72. The smallest absolute Gasteiger partial charge is 0.262 e. The molecule has 122 valence electrons. The number of fused-ring (bicyclic) bond motifs is 1. The molecule has 1 aromatic carbocycles. The Kier molecular flexibility index (Phi) is 4.13. The molecular formula is C17H24N5O+. The summed E-state index contributed by atoms with van der Waals surface area (Å²) in [5.74, 6) is 0. The van der Waals surface area contributed by atoms with Crippen LogP contribution in [0, 0.1) is 0 Å². The maximum Gasteiger partial charge on any atom is 0.262 e. The molecule has 0 N–H and O–H groups in total. The Labute approximate surface area is 136 Å². The van der Waals surface area contributed by atoms with Gasteiger partial charge in [0, 0.05) is 6.42 Å². The van der Waals surface area contributed by atoms with Gasteiger partial charge >= 0.3 is 0 Å². The highest BCUT2D eigenvalue weighted by molar-refractivity contribution is 5.73. The molecule has 23 heavy (non-hydrogen) atoms. The molecule has 1 unspecified atom stereocenters. The minimum atomic E-state index is 0.0378. The van der Waals surface area contributed by atoms with Gasteiger partial charge in [-0.3, -0.25) is 4.58 Å². The molecule has 6 nitrogen and oxygen atoms in total. The molecule has 2 saturated heterocycles. The number of hydrogen-bond acceptors (Lipinski definition) is 3. The normalized spacial score (nSPS) is 22.3. The van der Waals surface area contributed by atoms with Gasteiger partial charge in [-0.1, -0.05) is 17.0 Å². The summed E-state index contributed by atoms with van der Waals surface area (Å²) in [6.45, 7) is 3.37. The van der Waals surface area contributed by atoms with E-state index in [-0.39, 0.29) is 6.23 Å². The van der Waals surface area contributed by atoms with Crippen molar-refractivity contribution >= 4 is 17.4 Å². The van der Waals surface area contributed by atoms with Crippen LogP contribution in [-0.4, -0.2) is 56.8 Å². The summed E-state index contributed by atoms with van der Waals surface area (Å²) in [4.78, 5) is 10.1. The monoisotopic (exact) mass is 314 g/mol. The molecule has 4 rings (SSSR count). The highest BCUT2D eigenvalue weighted by Crippen LogP contribution is 2.17. The second-order valence-electron chi connectivity index (χ2n) is 6.46. The number of para-hydroxylation sites is 1. The standard InChI is InChI=1S/C17H24N5O/c1-5-11-20(12-6-1)14-21-13-7-4-10-17(21)23-22-16-9-3-2-8-15(16)18-19-22/h2-3,8-9,14,17H,1,4-7,10-13H2/q+1. The zero-order chi connectivity index (χ0) is 15.5. The Balaban J connectivity index is 1.53. The Morgan fingerprint density at radius 1 is 1.09 bits per heavy atom. The first-order chi connectivity index (χ1) is 11.4. The van der Waals surface area contributed by atoms with E-state index < -0.39 is 0 Å². The summed E-state index contributed by atoms with van der Waals surface area (Å²) < 4.78 is 2.44. The third-order valence-corrected chi connectivity index (χ3v) is 4.73. The minimum absolute atomic E-state index is 0.0378. The Morgan fingerprint density at radius 2 is 1.96 bits per heavy atom. The van der Waals surface area contributed by atoms with E-state index in [1.807, 2.05) is 24.3 Å². The number of piperidine rings is 2. The summed E-state index contributed by atoms with van der Waals surface area (Å²) in [6.07, 6.45) is 9.71. The molecule has 1 aromatic heterocycles. The van der Waals surface area contributed by atoms with Crippen LogP contribution in [0.1, 0.15) is 38.5 Å². The number of benzene rings is 1. The molecule has 6 heteroatoms. The van der Waals surface area contributed by atoms with E-state index in [9.17, 15) is 0 Å². The lowest BCUT2D eigenvalue weighted by atomic mass is 10.1. The van der Waals surface area contributed by atoms with E-state index in [1.54, 1.807) is 4.85 Å². The largest absolute Gasteiger partial charge is 0.347 e. The van der Waals surface area contributed by atoms with Crippen LogP contribution in [0.5, 0.6) is 0 Å². The average Bonchev–Trinajstić information content (AvgIpc) is 3.01. The van der Waals surface area contributed by atoms with Gasteiger partial charge in [0.2, 0.25) is 6.34 Å². The molecule has 3 heterocycles.